The van der Waals surface area contributed by atoms with E-state index in [0.717, 1.165) is 33.8 Å². The number of benzene rings is 3. The van der Waals surface area contributed by atoms with E-state index in [0.29, 0.717) is 39.3 Å². The first kappa shape index (κ1) is 26.7. The van der Waals surface area contributed by atoms with Gasteiger partial charge in [-0.25, -0.2) is 4.79 Å². The van der Waals surface area contributed by atoms with Crippen LogP contribution in [0.3, 0.4) is 0 Å². The number of nitrogens with one attached hydrogen (secondary N) is 3. The molecular weight excluding hydrogens is 559 g/mol. The Bertz CT molecular complexity index is 1680. The molecule has 0 radical (unpaired) electrons. The Morgan fingerprint density at radius 2 is 1.87 bits per heavy atom. The van der Waals surface area contributed by atoms with Gasteiger partial charge in [-0.1, -0.05) is 35.3 Å². The van der Waals surface area contributed by atoms with Gasteiger partial charge in [0.05, 0.1) is 27.7 Å². The van der Waals surface area contributed by atoms with Crippen LogP contribution in [0.15, 0.2) is 65.7 Å². The van der Waals surface area contributed by atoms with Crippen LogP contribution < -0.4 is 20.7 Å². The molecule has 1 aromatic heterocycles. The van der Waals surface area contributed by atoms with Gasteiger partial charge in [-0.3, -0.25) is 14.9 Å². The molecule has 1 fully saturated rings. The highest BCUT2D eigenvalue weighted by atomic mass is 35.5. The number of anilines is 2. The van der Waals surface area contributed by atoms with Crippen LogP contribution in [0.1, 0.15) is 16.7 Å². The molecule has 198 valence electrons. The van der Waals surface area contributed by atoms with Crippen molar-refractivity contribution in [1.82, 2.24) is 9.88 Å². The monoisotopic (exact) mass is 580 g/mol. The molecule has 1 saturated heterocycles. The van der Waals surface area contributed by atoms with Crippen molar-refractivity contribution in [2.24, 2.45) is 0 Å². The van der Waals surface area contributed by atoms with Crippen molar-refractivity contribution < 1.29 is 19.1 Å². The summed E-state index contributed by atoms with van der Waals surface area (Å²) in [4.78, 5) is 37.0. The maximum Gasteiger partial charge on any atom is 0.323 e. The van der Waals surface area contributed by atoms with Crippen LogP contribution in [0.4, 0.5) is 21.0 Å². The standard InChI is InChI=1S/C28H22Cl2N4O4S/c1-15-3-7-22(24(9-15)38-2)32-27(36)31-18-5-8-23-19(12-18)17(11-25-26(35)33-28(37)39-25)14-34(23)13-16-4-6-20(29)21(30)10-16/h3-12,14H,13H2,1-2H3,(H2,31,32,36)(H,33,35,37)/b25-11-. The van der Waals surface area contributed by atoms with Gasteiger partial charge in [0.25, 0.3) is 11.1 Å². The number of urea groups is 1. The van der Waals surface area contributed by atoms with Gasteiger partial charge < -0.3 is 19.9 Å². The summed E-state index contributed by atoms with van der Waals surface area (Å²) in [6, 6.07) is 16.0. The summed E-state index contributed by atoms with van der Waals surface area (Å²) in [6.45, 7) is 2.42. The van der Waals surface area contributed by atoms with Crippen molar-refractivity contribution in [1.29, 1.82) is 0 Å². The third-order valence-corrected chi connectivity index (χ3v) is 7.59. The lowest BCUT2D eigenvalue weighted by Crippen LogP contribution is -2.19. The maximum absolute atomic E-state index is 12.8. The molecule has 0 aliphatic carbocycles. The predicted octanol–water partition coefficient (Wildman–Crippen LogP) is 7.28. The van der Waals surface area contributed by atoms with E-state index in [1.807, 2.05) is 48.0 Å². The van der Waals surface area contributed by atoms with Gasteiger partial charge in [0.15, 0.2) is 0 Å². The number of methoxy groups -OCH3 is 1. The molecule has 1 aliphatic heterocycles. The molecular formula is C28H22Cl2N4O4S. The van der Waals surface area contributed by atoms with Crippen molar-refractivity contribution in [3.8, 4) is 5.75 Å². The second-order valence-corrected chi connectivity index (χ2v) is 10.7. The topological polar surface area (TPSA) is 101 Å². The number of ether oxygens (including phenoxy) is 1. The summed E-state index contributed by atoms with van der Waals surface area (Å²) in [6.07, 6.45) is 3.55. The Kier molecular flexibility index (Phi) is 7.56. The second kappa shape index (κ2) is 11.1. The normalized spacial score (nSPS) is 14.1. The number of aryl methyl sites for hydroxylation is 1. The van der Waals surface area contributed by atoms with Crippen LogP contribution in [-0.2, 0) is 11.3 Å². The van der Waals surface area contributed by atoms with Gasteiger partial charge >= 0.3 is 6.03 Å². The highest BCUT2D eigenvalue weighted by Gasteiger charge is 2.25. The molecule has 1 aliphatic rings. The average Bonchev–Trinajstić information content (AvgIpc) is 3.40. The van der Waals surface area contributed by atoms with Crippen molar-refractivity contribution in [2.45, 2.75) is 13.5 Å². The van der Waals surface area contributed by atoms with Gasteiger partial charge in [0.2, 0.25) is 0 Å². The molecule has 0 saturated carbocycles. The molecule has 0 unspecified atom stereocenters. The lowest BCUT2D eigenvalue weighted by Gasteiger charge is -2.12. The number of rotatable bonds is 6. The Balaban J connectivity index is 1.48. The van der Waals surface area contributed by atoms with Gasteiger partial charge in [-0.15, -0.1) is 0 Å². The van der Waals surface area contributed by atoms with Crippen molar-refractivity contribution in [3.05, 3.63) is 92.4 Å². The lowest BCUT2D eigenvalue weighted by molar-refractivity contribution is -0.115. The van der Waals surface area contributed by atoms with E-state index in [2.05, 4.69) is 16.0 Å². The highest BCUT2D eigenvalue weighted by Crippen LogP contribution is 2.32. The molecule has 11 heteroatoms. The third-order valence-electron chi connectivity index (χ3n) is 6.04. The minimum absolute atomic E-state index is 0.288. The van der Waals surface area contributed by atoms with E-state index < -0.39 is 17.2 Å². The summed E-state index contributed by atoms with van der Waals surface area (Å²) >= 11 is 13.1. The minimum atomic E-state index is -0.448. The number of fused-ring (bicyclic) bond motifs is 1. The molecule has 8 nitrogen and oxygen atoms in total. The number of halogens is 2. The molecule has 4 amide bonds. The maximum atomic E-state index is 12.8. The van der Waals surface area contributed by atoms with Crippen molar-refractivity contribution >= 4 is 80.5 Å². The van der Waals surface area contributed by atoms with Gasteiger partial charge in [-0.05, 0) is 78.4 Å². The average molecular weight is 581 g/mol. The molecule has 2 heterocycles. The van der Waals surface area contributed by atoms with Crippen LogP contribution in [0, 0.1) is 6.92 Å². The van der Waals surface area contributed by atoms with Gasteiger partial charge in [-0.2, -0.15) is 0 Å². The van der Waals surface area contributed by atoms with E-state index in [1.54, 1.807) is 37.5 Å². The van der Waals surface area contributed by atoms with E-state index in [9.17, 15) is 14.4 Å². The first-order valence-corrected chi connectivity index (χ1v) is 13.3. The van der Waals surface area contributed by atoms with E-state index in [1.165, 1.54) is 0 Å². The first-order chi connectivity index (χ1) is 18.7. The summed E-state index contributed by atoms with van der Waals surface area (Å²) in [5.74, 6) is 0.104. The summed E-state index contributed by atoms with van der Waals surface area (Å²) < 4.78 is 7.37. The zero-order valence-corrected chi connectivity index (χ0v) is 23.1. The fourth-order valence-corrected chi connectivity index (χ4v) is 5.23. The number of thioether (sulfide) groups is 1. The summed E-state index contributed by atoms with van der Waals surface area (Å²) in [5.41, 5.74) is 4.57. The second-order valence-electron chi connectivity index (χ2n) is 8.83. The SMILES string of the molecule is COc1cc(C)ccc1NC(=O)Nc1ccc2c(c1)c(/C=C1\SC(=O)NC1=O)cn2Cc1ccc(Cl)c(Cl)c1. The smallest absolute Gasteiger partial charge is 0.323 e. The molecule has 0 spiro atoms. The number of nitrogens with zero attached hydrogens (tertiary/aromatic N) is 1. The summed E-state index contributed by atoms with van der Waals surface area (Å²) in [5, 5.41) is 9.21. The van der Waals surface area contributed by atoms with Crippen LogP contribution in [-0.4, -0.2) is 28.9 Å². The van der Waals surface area contributed by atoms with Gasteiger partial charge in [0, 0.05) is 34.9 Å². The van der Waals surface area contributed by atoms with Crippen molar-refractivity contribution in [3.63, 3.8) is 0 Å². The minimum Gasteiger partial charge on any atom is -0.495 e. The largest absolute Gasteiger partial charge is 0.495 e. The van der Waals surface area contributed by atoms with Gasteiger partial charge in [0.1, 0.15) is 5.75 Å². The molecule has 0 atom stereocenters. The fourth-order valence-electron chi connectivity index (χ4n) is 4.23. The zero-order valence-electron chi connectivity index (χ0n) is 20.8. The number of amides is 4. The Labute approximate surface area is 238 Å². The quantitative estimate of drug-likeness (QED) is 0.208. The number of carbonyl (C=O) groups excluding carboxylic acids is 3. The number of hydrogen-bond acceptors (Lipinski definition) is 5. The van der Waals surface area contributed by atoms with E-state index >= 15 is 0 Å². The molecule has 3 N–H and O–H groups in total. The van der Waals surface area contributed by atoms with E-state index in [4.69, 9.17) is 27.9 Å². The Hall–Kier alpha value is -3.92. The zero-order chi connectivity index (χ0) is 27.7. The van der Waals surface area contributed by atoms with E-state index in [-0.39, 0.29) is 4.91 Å². The number of carbonyl (C=O) groups is 3. The third kappa shape index (κ3) is 5.90. The number of imide groups is 1. The molecule has 3 aromatic carbocycles. The molecule has 4 aromatic rings. The number of aromatic nitrogens is 1. The Morgan fingerprint density at radius 3 is 2.59 bits per heavy atom. The van der Waals surface area contributed by atoms with Crippen LogP contribution in [0.2, 0.25) is 10.0 Å². The predicted molar refractivity (Wildman–Crippen MR) is 157 cm³/mol. The first-order valence-electron chi connectivity index (χ1n) is 11.7. The number of hydrogen-bond donors (Lipinski definition) is 3. The molecule has 0 bridgehead atoms. The summed E-state index contributed by atoms with van der Waals surface area (Å²) in [7, 11) is 1.54. The van der Waals surface area contributed by atoms with Crippen LogP contribution >= 0.6 is 35.0 Å². The lowest BCUT2D eigenvalue weighted by atomic mass is 10.1. The molecule has 5 rings (SSSR count). The van der Waals surface area contributed by atoms with Crippen molar-refractivity contribution in [2.75, 3.05) is 17.7 Å². The van der Waals surface area contributed by atoms with Crippen LogP contribution in [0.5, 0.6) is 5.75 Å². The Morgan fingerprint density at radius 1 is 1.05 bits per heavy atom. The highest BCUT2D eigenvalue weighted by molar-refractivity contribution is 8.18. The fraction of sp³-hybridized carbons (Fsp3) is 0.107. The molecule has 39 heavy (non-hydrogen) atoms. The van der Waals surface area contributed by atoms with Crippen LogP contribution in [0.25, 0.3) is 17.0 Å².